The molecule has 3 heteroatoms. The number of nitrogens with one attached hydrogen (secondary N) is 1. The normalized spacial score (nSPS) is 32.6. The maximum Gasteiger partial charge on any atom is 0.0642 e. The van der Waals surface area contributed by atoms with Gasteiger partial charge in [0.25, 0.3) is 0 Å². The number of rotatable bonds is 3. The quantitative estimate of drug-likeness (QED) is 0.915. The van der Waals surface area contributed by atoms with E-state index in [0.29, 0.717) is 0 Å². The zero-order valence-corrected chi connectivity index (χ0v) is 12.1. The first-order chi connectivity index (χ1) is 9.88. The van der Waals surface area contributed by atoms with E-state index in [2.05, 4.69) is 34.5 Å². The summed E-state index contributed by atoms with van der Waals surface area (Å²) in [7, 11) is 0. The molecule has 3 fully saturated rings. The van der Waals surface area contributed by atoms with Gasteiger partial charge in [-0.2, -0.15) is 0 Å². The largest absolute Gasteiger partial charge is 0.382 e. The summed E-state index contributed by atoms with van der Waals surface area (Å²) in [5.41, 5.74) is 2.62. The Kier molecular flexibility index (Phi) is 3.31. The maximum atomic E-state index is 5.41. The fourth-order valence-electron chi connectivity index (χ4n) is 4.23. The number of hydrogen-bond donors (Lipinski definition) is 1. The summed E-state index contributed by atoms with van der Waals surface area (Å²) in [6.45, 7) is 3.73. The first kappa shape index (κ1) is 12.5. The predicted molar refractivity (Wildman–Crippen MR) is 82.3 cm³/mol. The second-order valence-corrected chi connectivity index (χ2v) is 6.57. The summed E-state index contributed by atoms with van der Waals surface area (Å²) in [6, 6.07) is 9.72. The summed E-state index contributed by atoms with van der Waals surface area (Å²) < 4.78 is 5.41. The highest BCUT2D eigenvalue weighted by Crippen LogP contribution is 2.45. The Morgan fingerprint density at radius 1 is 1.00 bits per heavy atom. The summed E-state index contributed by atoms with van der Waals surface area (Å²) in [4.78, 5) is 2.41. The lowest BCUT2D eigenvalue weighted by Crippen LogP contribution is -2.36. The lowest BCUT2D eigenvalue weighted by Gasteiger charge is -2.29. The van der Waals surface area contributed by atoms with E-state index in [-0.39, 0.29) is 0 Å². The van der Waals surface area contributed by atoms with Crippen molar-refractivity contribution in [3.05, 3.63) is 24.3 Å². The summed E-state index contributed by atoms with van der Waals surface area (Å²) in [6.07, 6.45) is 5.76. The van der Waals surface area contributed by atoms with Crippen LogP contribution in [0.1, 0.15) is 25.7 Å². The number of fused-ring (bicyclic) bond motifs is 2. The van der Waals surface area contributed by atoms with Crippen LogP contribution >= 0.6 is 0 Å². The van der Waals surface area contributed by atoms with Crippen molar-refractivity contribution >= 4 is 11.4 Å². The molecule has 3 aliphatic rings. The highest BCUT2D eigenvalue weighted by atomic mass is 16.5. The van der Waals surface area contributed by atoms with Crippen LogP contribution in [0.15, 0.2) is 24.3 Å². The maximum absolute atomic E-state index is 5.41. The van der Waals surface area contributed by atoms with E-state index in [9.17, 15) is 0 Å². The second kappa shape index (κ2) is 5.28. The molecule has 3 nitrogen and oxygen atoms in total. The lowest BCUT2D eigenvalue weighted by molar-refractivity contribution is 0.122. The molecule has 3 atom stereocenters. The third kappa shape index (κ3) is 2.39. The molecule has 0 radical (unpaired) electrons. The van der Waals surface area contributed by atoms with E-state index in [1.165, 1.54) is 37.1 Å². The summed E-state index contributed by atoms with van der Waals surface area (Å²) in [5.74, 6) is 1.93. The van der Waals surface area contributed by atoms with Gasteiger partial charge in [-0.15, -0.1) is 0 Å². The van der Waals surface area contributed by atoms with Crippen LogP contribution < -0.4 is 10.2 Å². The van der Waals surface area contributed by atoms with Crippen LogP contribution in [0.2, 0.25) is 0 Å². The molecule has 1 N–H and O–H groups in total. The standard InChI is InChI=1S/C17H24N2O/c1-2-14-11-13(1)12-17(14)18-15-3-5-16(6-4-15)19-7-9-20-10-8-19/h3-6,13-14,17-18H,1-2,7-12H2. The smallest absolute Gasteiger partial charge is 0.0642 e. The van der Waals surface area contributed by atoms with Crippen molar-refractivity contribution in [3.8, 4) is 0 Å². The summed E-state index contributed by atoms with van der Waals surface area (Å²) in [5, 5.41) is 3.76. The van der Waals surface area contributed by atoms with Gasteiger partial charge in [-0.05, 0) is 55.4 Å². The number of nitrogens with zero attached hydrogens (tertiary/aromatic N) is 1. The van der Waals surface area contributed by atoms with Gasteiger partial charge < -0.3 is 15.0 Å². The van der Waals surface area contributed by atoms with Crippen molar-refractivity contribution in [1.29, 1.82) is 0 Å². The molecule has 4 rings (SSSR count). The van der Waals surface area contributed by atoms with Crippen molar-refractivity contribution in [2.45, 2.75) is 31.7 Å². The van der Waals surface area contributed by atoms with E-state index in [4.69, 9.17) is 4.74 Å². The molecular formula is C17H24N2O. The van der Waals surface area contributed by atoms with Crippen molar-refractivity contribution in [2.75, 3.05) is 36.5 Å². The topological polar surface area (TPSA) is 24.5 Å². The fourth-order valence-corrected chi connectivity index (χ4v) is 4.23. The van der Waals surface area contributed by atoms with Crippen LogP contribution in [-0.4, -0.2) is 32.3 Å². The second-order valence-electron chi connectivity index (χ2n) is 6.57. The molecule has 0 aromatic heterocycles. The molecule has 1 aromatic rings. The Balaban J connectivity index is 1.39. The molecule has 0 spiro atoms. The molecule has 20 heavy (non-hydrogen) atoms. The van der Waals surface area contributed by atoms with Crippen LogP contribution in [0.4, 0.5) is 11.4 Å². The van der Waals surface area contributed by atoms with Crippen molar-refractivity contribution in [1.82, 2.24) is 0 Å². The fraction of sp³-hybridized carbons (Fsp3) is 0.647. The van der Waals surface area contributed by atoms with E-state index in [1.54, 1.807) is 0 Å². The highest BCUT2D eigenvalue weighted by molar-refractivity contribution is 5.55. The minimum Gasteiger partial charge on any atom is -0.382 e. The monoisotopic (exact) mass is 272 g/mol. The molecule has 2 saturated carbocycles. The Morgan fingerprint density at radius 3 is 2.45 bits per heavy atom. The summed E-state index contributed by atoms with van der Waals surface area (Å²) >= 11 is 0. The molecule has 2 aliphatic carbocycles. The number of hydrogen-bond acceptors (Lipinski definition) is 3. The number of anilines is 2. The van der Waals surface area contributed by atoms with Gasteiger partial charge in [0, 0.05) is 30.5 Å². The average molecular weight is 272 g/mol. The Bertz CT molecular complexity index is 453. The lowest BCUT2D eigenvalue weighted by atomic mass is 9.95. The van der Waals surface area contributed by atoms with Crippen LogP contribution in [0.5, 0.6) is 0 Å². The zero-order valence-electron chi connectivity index (χ0n) is 12.1. The van der Waals surface area contributed by atoms with E-state index in [1.807, 2.05) is 0 Å². The number of ether oxygens (including phenoxy) is 1. The minimum absolute atomic E-state index is 0.725. The van der Waals surface area contributed by atoms with Crippen LogP contribution in [0, 0.1) is 11.8 Å². The molecule has 1 aliphatic heterocycles. The van der Waals surface area contributed by atoms with Crippen LogP contribution in [0.25, 0.3) is 0 Å². The van der Waals surface area contributed by atoms with Gasteiger partial charge in [-0.25, -0.2) is 0 Å². The van der Waals surface area contributed by atoms with E-state index < -0.39 is 0 Å². The van der Waals surface area contributed by atoms with Gasteiger partial charge in [0.05, 0.1) is 13.2 Å². The van der Waals surface area contributed by atoms with Gasteiger partial charge in [-0.3, -0.25) is 0 Å². The molecule has 108 valence electrons. The number of morpholine rings is 1. The molecular weight excluding hydrogens is 248 g/mol. The van der Waals surface area contributed by atoms with E-state index >= 15 is 0 Å². The van der Waals surface area contributed by atoms with Gasteiger partial charge >= 0.3 is 0 Å². The number of benzene rings is 1. The van der Waals surface area contributed by atoms with Gasteiger partial charge in [0.2, 0.25) is 0 Å². The Morgan fingerprint density at radius 2 is 1.80 bits per heavy atom. The Hall–Kier alpha value is -1.22. The predicted octanol–water partition coefficient (Wildman–Crippen LogP) is 3.12. The minimum atomic E-state index is 0.725. The third-order valence-electron chi connectivity index (χ3n) is 5.33. The van der Waals surface area contributed by atoms with Crippen LogP contribution in [-0.2, 0) is 4.74 Å². The van der Waals surface area contributed by atoms with E-state index in [0.717, 1.165) is 44.2 Å². The van der Waals surface area contributed by atoms with Crippen molar-refractivity contribution in [3.63, 3.8) is 0 Å². The van der Waals surface area contributed by atoms with Crippen LogP contribution in [0.3, 0.4) is 0 Å². The molecule has 1 saturated heterocycles. The molecule has 1 aromatic carbocycles. The average Bonchev–Trinajstić information content (AvgIpc) is 3.12. The molecule has 3 unspecified atom stereocenters. The first-order valence-electron chi connectivity index (χ1n) is 8.08. The van der Waals surface area contributed by atoms with Crippen molar-refractivity contribution < 1.29 is 4.74 Å². The van der Waals surface area contributed by atoms with Gasteiger partial charge in [-0.1, -0.05) is 6.42 Å². The first-order valence-corrected chi connectivity index (χ1v) is 8.08. The molecule has 0 amide bonds. The van der Waals surface area contributed by atoms with Gasteiger partial charge in [0.1, 0.15) is 0 Å². The molecule has 1 heterocycles. The molecule has 2 bridgehead atoms. The van der Waals surface area contributed by atoms with Gasteiger partial charge in [0.15, 0.2) is 0 Å². The van der Waals surface area contributed by atoms with Crippen molar-refractivity contribution in [2.24, 2.45) is 11.8 Å². The third-order valence-corrected chi connectivity index (χ3v) is 5.33. The Labute approximate surface area is 121 Å². The SMILES string of the molecule is c1cc(N2CCOCC2)ccc1NC1CC2CCC1C2. The zero-order chi connectivity index (χ0) is 13.4. The highest BCUT2D eigenvalue weighted by Gasteiger charge is 2.39.